The molecule has 1 aromatic heterocycles. The zero-order chi connectivity index (χ0) is 18.1. The number of carboxylic acids is 1. The molecule has 0 bridgehead atoms. The van der Waals surface area contributed by atoms with Gasteiger partial charge in [0, 0.05) is 23.5 Å². The largest absolute Gasteiger partial charge is 0.478 e. The normalized spacial score (nSPS) is 11.8. The Morgan fingerprint density at radius 1 is 1.12 bits per heavy atom. The molecule has 0 amide bonds. The lowest BCUT2D eigenvalue weighted by Crippen LogP contribution is -2.01. The number of aryl methyl sites for hydroxylation is 1. The SMILES string of the molecule is C/C=C/C=C(/C(=O)O)c1cnc(-c2ccc(CCCCC)cc2)nc1. The second kappa shape index (κ2) is 9.52. The molecule has 0 aliphatic heterocycles. The Kier molecular flexibility index (Phi) is 7.08. The van der Waals surface area contributed by atoms with Crippen molar-refractivity contribution in [3.63, 3.8) is 0 Å². The predicted octanol–water partition coefficient (Wildman–Crippen LogP) is 4.92. The Hall–Kier alpha value is -2.75. The first-order valence-electron chi connectivity index (χ1n) is 8.63. The number of nitrogens with zero attached hydrogens (tertiary/aromatic N) is 2. The molecule has 4 nitrogen and oxygen atoms in total. The van der Waals surface area contributed by atoms with Crippen LogP contribution in [0, 0.1) is 0 Å². The maximum absolute atomic E-state index is 11.3. The summed E-state index contributed by atoms with van der Waals surface area (Å²) in [6, 6.07) is 8.25. The summed E-state index contributed by atoms with van der Waals surface area (Å²) in [5.41, 5.74) is 2.91. The Morgan fingerprint density at radius 3 is 2.36 bits per heavy atom. The number of hydrogen-bond donors (Lipinski definition) is 1. The molecule has 1 aromatic carbocycles. The number of aromatic nitrogens is 2. The highest BCUT2D eigenvalue weighted by atomic mass is 16.4. The molecule has 0 fully saturated rings. The third-order valence-corrected chi connectivity index (χ3v) is 3.93. The van der Waals surface area contributed by atoms with Gasteiger partial charge in [0.05, 0.1) is 5.57 Å². The van der Waals surface area contributed by atoms with E-state index in [1.54, 1.807) is 30.6 Å². The fourth-order valence-corrected chi connectivity index (χ4v) is 2.50. The van der Waals surface area contributed by atoms with Crippen molar-refractivity contribution in [1.29, 1.82) is 0 Å². The van der Waals surface area contributed by atoms with Gasteiger partial charge in [0.2, 0.25) is 0 Å². The summed E-state index contributed by atoms with van der Waals surface area (Å²) in [6.45, 7) is 4.04. The van der Waals surface area contributed by atoms with Gasteiger partial charge in [-0.1, -0.05) is 56.2 Å². The molecular formula is C21H24N2O2. The molecular weight excluding hydrogens is 312 g/mol. The minimum atomic E-state index is -0.995. The van der Waals surface area contributed by atoms with Crippen LogP contribution in [-0.2, 0) is 11.2 Å². The first-order chi connectivity index (χ1) is 12.2. The van der Waals surface area contributed by atoms with E-state index in [1.807, 2.05) is 19.1 Å². The van der Waals surface area contributed by atoms with E-state index in [4.69, 9.17) is 0 Å². The highest BCUT2D eigenvalue weighted by Crippen LogP contribution is 2.19. The Balaban J connectivity index is 2.15. The van der Waals surface area contributed by atoms with Gasteiger partial charge in [0.15, 0.2) is 5.82 Å². The van der Waals surface area contributed by atoms with Crippen molar-refractivity contribution in [3.8, 4) is 11.4 Å². The zero-order valence-corrected chi connectivity index (χ0v) is 14.8. The van der Waals surface area contributed by atoms with Gasteiger partial charge in [0.1, 0.15) is 0 Å². The van der Waals surface area contributed by atoms with Crippen LogP contribution in [0.2, 0.25) is 0 Å². The molecule has 0 saturated carbocycles. The average Bonchev–Trinajstić information content (AvgIpc) is 2.63. The standard InChI is InChI=1S/C21H24N2O2/c1-3-5-7-8-16-10-12-17(13-11-16)20-22-14-18(15-23-20)19(21(24)25)9-6-4-2/h4,6,9-15H,3,5,7-8H2,1-2H3,(H,24,25)/b6-4+,19-9+. The smallest absolute Gasteiger partial charge is 0.336 e. The first-order valence-corrected chi connectivity index (χ1v) is 8.63. The van der Waals surface area contributed by atoms with Crippen LogP contribution in [0.3, 0.4) is 0 Å². The monoisotopic (exact) mass is 336 g/mol. The molecule has 130 valence electrons. The third-order valence-electron chi connectivity index (χ3n) is 3.93. The van der Waals surface area contributed by atoms with Gasteiger partial charge < -0.3 is 5.11 Å². The number of hydrogen-bond acceptors (Lipinski definition) is 3. The van der Waals surface area contributed by atoms with Gasteiger partial charge in [-0.2, -0.15) is 0 Å². The van der Waals surface area contributed by atoms with E-state index >= 15 is 0 Å². The van der Waals surface area contributed by atoms with Crippen molar-refractivity contribution in [2.45, 2.75) is 39.5 Å². The van der Waals surface area contributed by atoms with Crippen molar-refractivity contribution >= 4 is 11.5 Å². The van der Waals surface area contributed by atoms with Gasteiger partial charge in [0.25, 0.3) is 0 Å². The maximum Gasteiger partial charge on any atom is 0.336 e. The van der Waals surface area contributed by atoms with E-state index < -0.39 is 5.97 Å². The molecule has 1 N–H and O–H groups in total. The van der Waals surface area contributed by atoms with Crippen molar-refractivity contribution < 1.29 is 9.90 Å². The quantitative estimate of drug-likeness (QED) is 0.422. The van der Waals surface area contributed by atoms with E-state index in [2.05, 4.69) is 29.0 Å². The number of aliphatic carboxylic acids is 1. The molecule has 0 saturated heterocycles. The van der Waals surface area contributed by atoms with E-state index in [0.717, 1.165) is 12.0 Å². The highest BCUT2D eigenvalue weighted by molar-refractivity contribution is 6.15. The Morgan fingerprint density at radius 2 is 1.80 bits per heavy atom. The lowest BCUT2D eigenvalue weighted by atomic mass is 10.0. The molecule has 0 unspecified atom stereocenters. The summed E-state index contributed by atoms with van der Waals surface area (Å²) in [4.78, 5) is 20.0. The van der Waals surface area contributed by atoms with Gasteiger partial charge in [-0.15, -0.1) is 0 Å². The molecule has 4 heteroatoms. The van der Waals surface area contributed by atoms with E-state index in [9.17, 15) is 9.90 Å². The maximum atomic E-state index is 11.3. The number of unbranched alkanes of at least 4 members (excludes halogenated alkanes) is 2. The number of carbonyl (C=O) groups is 1. The number of benzene rings is 1. The lowest BCUT2D eigenvalue weighted by Gasteiger charge is -2.05. The van der Waals surface area contributed by atoms with Crippen LogP contribution >= 0.6 is 0 Å². The molecule has 0 spiro atoms. The van der Waals surface area contributed by atoms with Crippen LogP contribution in [0.15, 0.2) is 54.9 Å². The Labute approximate surface area is 149 Å². The van der Waals surface area contributed by atoms with Crippen LogP contribution in [-0.4, -0.2) is 21.0 Å². The van der Waals surface area contributed by atoms with Gasteiger partial charge in [-0.3, -0.25) is 0 Å². The van der Waals surface area contributed by atoms with Crippen molar-refractivity contribution in [2.75, 3.05) is 0 Å². The second-order valence-electron chi connectivity index (χ2n) is 5.86. The number of rotatable bonds is 8. The molecule has 0 radical (unpaired) electrons. The molecule has 25 heavy (non-hydrogen) atoms. The molecule has 0 atom stereocenters. The van der Waals surface area contributed by atoms with Crippen molar-refractivity contribution in [2.24, 2.45) is 0 Å². The minimum absolute atomic E-state index is 0.177. The van der Waals surface area contributed by atoms with Crippen molar-refractivity contribution in [3.05, 3.63) is 66.0 Å². The molecule has 0 aliphatic carbocycles. The summed E-state index contributed by atoms with van der Waals surface area (Å²) in [6.07, 6.45) is 12.9. The van der Waals surface area contributed by atoms with Gasteiger partial charge in [-0.25, -0.2) is 14.8 Å². The minimum Gasteiger partial charge on any atom is -0.478 e. The first kappa shape index (κ1) is 18.6. The summed E-state index contributed by atoms with van der Waals surface area (Å²) < 4.78 is 0. The van der Waals surface area contributed by atoms with Crippen LogP contribution in [0.5, 0.6) is 0 Å². The summed E-state index contributed by atoms with van der Waals surface area (Å²) in [5.74, 6) is -0.398. The number of carboxylic acid groups (broad SMARTS) is 1. The highest BCUT2D eigenvalue weighted by Gasteiger charge is 2.11. The fourth-order valence-electron chi connectivity index (χ4n) is 2.50. The second-order valence-corrected chi connectivity index (χ2v) is 5.86. The summed E-state index contributed by atoms with van der Waals surface area (Å²) in [7, 11) is 0. The van der Waals surface area contributed by atoms with Crippen molar-refractivity contribution in [1.82, 2.24) is 9.97 Å². The number of allylic oxidation sites excluding steroid dienone is 3. The van der Waals surface area contributed by atoms with E-state index in [0.29, 0.717) is 11.4 Å². The average molecular weight is 336 g/mol. The fraction of sp³-hybridized carbons (Fsp3) is 0.286. The molecule has 2 aromatic rings. The predicted molar refractivity (Wildman–Crippen MR) is 101 cm³/mol. The molecule has 0 aliphatic rings. The van der Waals surface area contributed by atoms with E-state index in [-0.39, 0.29) is 5.57 Å². The van der Waals surface area contributed by atoms with Crippen LogP contribution in [0.25, 0.3) is 17.0 Å². The van der Waals surface area contributed by atoms with E-state index in [1.165, 1.54) is 24.8 Å². The van der Waals surface area contributed by atoms with Crippen LogP contribution in [0.4, 0.5) is 0 Å². The van der Waals surface area contributed by atoms with Crippen LogP contribution < -0.4 is 0 Å². The van der Waals surface area contributed by atoms with Gasteiger partial charge in [-0.05, 0) is 31.4 Å². The van der Waals surface area contributed by atoms with Crippen LogP contribution in [0.1, 0.15) is 44.2 Å². The molecule has 1 heterocycles. The lowest BCUT2D eigenvalue weighted by molar-refractivity contribution is -0.130. The van der Waals surface area contributed by atoms with Gasteiger partial charge >= 0.3 is 5.97 Å². The summed E-state index contributed by atoms with van der Waals surface area (Å²) >= 11 is 0. The zero-order valence-electron chi connectivity index (χ0n) is 14.8. The molecule has 2 rings (SSSR count). The third kappa shape index (κ3) is 5.38. The topological polar surface area (TPSA) is 63.1 Å². The summed E-state index contributed by atoms with van der Waals surface area (Å²) in [5, 5.41) is 9.30. The Bertz CT molecular complexity index is 744.